The number of nitrogens with zero attached hydrogens (tertiary/aromatic N) is 3. The van der Waals surface area contributed by atoms with Gasteiger partial charge in [0.1, 0.15) is 18.2 Å². The molecule has 1 saturated heterocycles. The van der Waals surface area contributed by atoms with Crippen LogP contribution in [0.5, 0.6) is 0 Å². The molecule has 0 atom stereocenters. The summed E-state index contributed by atoms with van der Waals surface area (Å²) < 4.78 is 5.05. The molecule has 7 nitrogen and oxygen atoms in total. The second-order valence-electron chi connectivity index (χ2n) is 5.09. The number of aliphatic hydroxyl groups is 1. The van der Waals surface area contributed by atoms with Gasteiger partial charge in [-0.05, 0) is 19.8 Å². The van der Waals surface area contributed by atoms with Crippen LogP contribution in [0.15, 0.2) is 6.07 Å². The van der Waals surface area contributed by atoms with E-state index in [-0.39, 0.29) is 0 Å². The van der Waals surface area contributed by atoms with Crippen molar-refractivity contribution in [3.63, 3.8) is 0 Å². The van der Waals surface area contributed by atoms with Gasteiger partial charge in [0, 0.05) is 26.3 Å². The maximum atomic E-state index is 9.97. The Morgan fingerprint density at radius 1 is 1.47 bits per heavy atom. The Hall–Kier alpha value is -1.44. The Morgan fingerprint density at radius 2 is 2.16 bits per heavy atom. The third-order valence-corrected chi connectivity index (χ3v) is 3.34. The van der Waals surface area contributed by atoms with Gasteiger partial charge in [-0.3, -0.25) is 0 Å². The minimum atomic E-state index is -0.576. The van der Waals surface area contributed by atoms with Gasteiger partial charge in [0.25, 0.3) is 0 Å². The second kappa shape index (κ2) is 5.68. The third-order valence-electron chi connectivity index (χ3n) is 3.34. The molecule has 2 rings (SSSR count). The summed E-state index contributed by atoms with van der Waals surface area (Å²) in [6.45, 7) is 3.74. The first kappa shape index (κ1) is 14.0. The molecule has 0 saturated carbocycles. The molecule has 19 heavy (non-hydrogen) atoms. The average molecular weight is 267 g/mol. The number of nitrogens with one attached hydrogen (secondary N) is 1. The summed E-state index contributed by atoms with van der Waals surface area (Å²) >= 11 is 0. The van der Waals surface area contributed by atoms with Gasteiger partial charge >= 0.3 is 0 Å². The molecule has 7 heteroatoms. The van der Waals surface area contributed by atoms with Crippen LogP contribution in [0.1, 0.15) is 25.6 Å². The average Bonchev–Trinajstić information content (AvgIpc) is 2.38. The topological polar surface area (TPSA) is 96.5 Å². The van der Waals surface area contributed by atoms with Crippen molar-refractivity contribution in [2.75, 3.05) is 30.5 Å². The van der Waals surface area contributed by atoms with Crippen LogP contribution in [-0.4, -0.2) is 40.9 Å². The summed E-state index contributed by atoms with van der Waals surface area (Å²) in [7, 11) is 1.60. The molecule has 0 aromatic carbocycles. The van der Waals surface area contributed by atoms with Crippen molar-refractivity contribution in [2.45, 2.75) is 32.0 Å². The second-order valence-corrected chi connectivity index (χ2v) is 5.09. The molecule has 4 N–H and O–H groups in total. The van der Waals surface area contributed by atoms with E-state index in [1.54, 1.807) is 13.2 Å². The highest BCUT2D eigenvalue weighted by molar-refractivity contribution is 5.49. The van der Waals surface area contributed by atoms with Crippen LogP contribution in [0.25, 0.3) is 0 Å². The minimum absolute atomic E-state index is 0.341. The summed E-state index contributed by atoms with van der Waals surface area (Å²) in [5.74, 6) is 7.38. The van der Waals surface area contributed by atoms with Crippen molar-refractivity contribution in [1.82, 2.24) is 9.97 Å². The number of piperidine rings is 1. The number of anilines is 2. The molecule has 0 aliphatic carbocycles. The van der Waals surface area contributed by atoms with Crippen molar-refractivity contribution >= 4 is 11.6 Å². The number of ether oxygens (including phenoxy) is 1. The Kier molecular flexibility index (Phi) is 4.18. The van der Waals surface area contributed by atoms with E-state index < -0.39 is 5.60 Å². The summed E-state index contributed by atoms with van der Waals surface area (Å²) in [6, 6.07) is 1.80. The molecule has 0 spiro atoms. The lowest BCUT2D eigenvalue weighted by Crippen LogP contribution is -2.42. The van der Waals surface area contributed by atoms with Crippen molar-refractivity contribution in [2.24, 2.45) is 5.84 Å². The molecule has 1 aliphatic heterocycles. The van der Waals surface area contributed by atoms with Crippen LogP contribution < -0.4 is 16.2 Å². The monoisotopic (exact) mass is 267 g/mol. The summed E-state index contributed by atoms with van der Waals surface area (Å²) in [5.41, 5.74) is 1.96. The maximum absolute atomic E-state index is 9.97. The molecule has 0 bridgehead atoms. The predicted octanol–water partition coefficient (Wildman–Crippen LogP) is 0.260. The standard InChI is InChI=1S/C12H21N5O2/c1-12(18)3-5-17(6-4-12)11-7-9(16-13)14-10(15-11)8-19-2/h7,18H,3-6,8,13H2,1-2H3,(H,14,15,16). The first-order chi connectivity index (χ1) is 9.04. The molecule has 0 amide bonds. The number of hydrazine groups is 1. The van der Waals surface area contributed by atoms with Crippen LogP contribution in [0.4, 0.5) is 11.6 Å². The van der Waals surface area contributed by atoms with Crippen LogP contribution in [0.3, 0.4) is 0 Å². The fraction of sp³-hybridized carbons (Fsp3) is 0.667. The van der Waals surface area contributed by atoms with Crippen LogP contribution in [0.2, 0.25) is 0 Å². The van der Waals surface area contributed by atoms with Crippen molar-refractivity contribution in [3.8, 4) is 0 Å². The Bertz CT molecular complexity index is 428. The smallest absolute Gasteiger partial charge is 0.158 e. The fourth-order valence-corrected chi connectivity index (χ4v) is 2.13. The van der Waals surface area contributed by atoms with Gasteiger partial charge in [0.2, 0.25) is 0 Å². The molecular formula is C12H21N5O2. The molecule has 2 heterocycles. The zero-order chi connectivity index (χ0) is 13.9. The van der Waals surface area contributed by atoms with E-state index in [0.717, 1.165) is 31.7 Å². The van der Waals surface area contributed by atoms with Crippen molar-refractivity contribution in [3.05, 3.63) is 11.9 Å². The van der Waals surface area contributed by atoms with E-state index in [2.05, 4.69) is 20.3 Å². The van der Waals surface area contributed by atoms with E-state index in [4.69, 9.17) is 10.6 Å². The Balaban J connectivity index is 2.17. The van der Waals surface area contributed by atoms with E-state index in [0.29, 0.717) is 18.2 Å². The fourth-order valence-electron chi connectivity index (χ4n) is 2.13. The quantitative estimate of drug-likeness (QED) is 0.532. The number of nitrogens with two attached hydrogens (primary N) is 1. The van der Waals surface area contributed by atoms with Gasteiger partial charge in [-0.2, -0.15) is 0 Å². The maximum Gasteiger partial charge on any atom is 0.158 e. The van der Waals surface area contributed by atoms with Crippen LogP contribution in [-0.2, 0) is 11.3 Å². The molecule has 1 aromatic rings. The molecule has 1 aromatic heterocycles. The normalized spacial score (nSPS) is 18.4. The lowest BCUT2D eigenvalue weighted by atomic mass is 9.94. The third kappa shape index (κ3) is 3.52. The molecular weight excluding hydrogens is 246 g/mol. The van der Waals surface area contributed by atoms with Gasteiger partial charge in [-0.1, -0.05) is 0 Å². The predicted molar refractivity (Wildman–Crippen MR) is 72.6 cm³/mol. The minimum Gasteiger partial charge on any atom is -0.390 e. The highest BCUT2D eigenvalue weighted by Gasteiger charge is 2.28. The van der Waals surface area contributed by atoms with Gasteiger partial charge in [-0.25, -0.2) is 15.8 Å². The number of hydrogen-bond acceptors (Lipinski definition) is 7. The number of hydrogen-bond donors (Lipinski definition) is 3. The molecule has 106 valence electrons. The Labute approximate surface area is 112 Å². The lowest BCUT2D eigenvalue weighted by Gasteiger charge is -2.36. The van der Waals surface area contributed by atoms with Gasteiger partial charge in [0.05, 0.1) is 5.60 Å². The van der Waals surface area contributed by atoms with Crippen LogP contribution >= 0.6 is 0 Å². The first-order valence-electron chi connectivity index (χ1n) is 6.35. The van der Waals surface area contributed by atoms with Crippen LogP contribution in [0, 0.1) is 0 Å². The van der Waals surface area contributed by atoms with Gasteiger partial charge in [0.15, 0.2) is 5.82 Å². The van der Waals surface area contributed by atoms with Crippen molar-refractivity contribution in [1.29, 1.82) is 0 Å². The van der Waals surface area contributed by atoms with E-state index in [9.17, 15) is 5.11 Å². The highest BCUT2D eigenvalue weighted by Crippen LogP contribution is 2.25. The van der Waals surface area contributed by atoms with E-state index >= 15 is 0 Å². The molecule has 1 fully saturated rings. The summed E-state index contributed by atoms with van der Waals surface area (Å²) in [6.07, 6.45) is 1.45. The van der Waals surface area contributed by atoms with E-state index in [1.807, 2.05) is 6.92 Å². The van der Waals surface area contributed by atoms with Crippen molar-refractivity contribution < 1.29 is 9.84 Å². The molecule has 1 aliphatic rings. The Morgan fingerprint density at radius 3 is 2.74 bits per heavy atom. The highest BCUT2D eigenvalue weighted by atomic mass is 16.5. The summed E-state index contributed by atoms with van der Waals surface area (Å²) in [5, 5.41) is 9.97. The zero-order valence-electron chi connectivity index (χ0n) is 11.4. The summed E-state index contributed by atoms with van der Waals surface area (Å²) in [4.78, 5) is 10.8. The number of aromatic nitrogens is 2. The largest absolute Gasteiger partial charge is 0.390 e. The van der Waals surface area contributed by atoms with Gasteiger partial charge < -0.3 is 20.2 Å². The first-order valence-corrected chi connectivity index (χ1v) is 6.35. The van der Waals surface area contributed by atoms with E-state index in [1.165, 1.54) is 0 Å². The number of methoxy groups -OCH3 is 1. The SMILES string of the molecule is COCc1nc(NN)cc(N2CCC(C)(O)CC2)n1. The number of nitrogen functional groups attached to an aromatic ring is 1. The zero-order valence-corrected chi connectivity index (χ0v) is 11.4. The molecule has 0 unspecified atom stereocenters. The number of rotatable bonds is 4. The van der Waals surface area contributed by atoms with Gasteiger partial charge in [-0.15, -0.1) is 0 Å². The lowest BCUT2D eigenvalue weighted by molar-refractivity contribution is 0.0350. The molecule has 0 radical (unpaired) electrons.